The zero-order valence-electron chi connectivity index (χ0n) is 14.8. The minimum Gasteiger partial charge on any atom is -0.488 e. The maximum absolute atomic E-state index is 13.9. The molecular weight excluding hydrogens is 372 g/mol. The lowest BCUT2D eigenvalue weighted by Gasteiger charge is -2.35. The van der Waals surface area contributed by atoms with Crippen molar-refractivity contribution in [2.45, 2.75) is 31.6 Å². The summed E-state index contributed by atoms with van der Waals surface area (Å²) in [7, 11) is 0. The fourth-order valence-corrected chi connectivity index (χ4v) is 4.53. The van der Waals surface area contributed by atoms with Gasteiger partial charge in [0.05, 0.1) is 6.10 Å². The molecule has 27 heavy (non-hydrogen) atoms. The van der Waals surface area contributed by atoms with E-state index in [2.05, 4.69) is 4.90 Å². The molecule has 3 nitrogen and oxygen atoms in total. The molecule has 0 unspecified atom stereocenters. The molecule has 1 heterocycles. The van der Waals surface area contributed by atoms with Gasteiger partial charge in [-0.15, -0.1) is 0 Å². The molecule has 2 aromatic rings. The number of hydrogen-bond acceptors (Lipinski definition) is 3. The molecule has 4 rings (SSSR count). The molecule has 6 heteroatoms. The Balaban J connectivity index is 1.39. The fourth-order valence-electron chi connectivity index (χ4n) is 4.35. The van der Waals surface area contributed by atoms with E-state index in [1.807, 2.05) is 12.1 Å². The molecule has 1 N–H and O–H groups in total. The Morgan fingerprint density at radius 2 is 1.85 bits per heavy atom. The number of benzene rings is 2. The van der Waals surface area contributed by atoms with Crippen LogP contribution < -0.4 is 4.74 Å². The quantitative estimate of drug-likeness (QED) is 0.842. The van der Waals surface area contributed by atoms with Gasteiger partial charge in [0.1, 0.15) is 23.5 Å². The zero-order chi connectivity index (χ0) is 19.0. The number of ether oxygens (including phenoxy) is 1. The molecule has 4 atom stereocenters. The third-order valence-corrected chi connectivity index (χ3v) is 5.89. The van der Waals surface area contributed by atoms with E-state index in [-0.39, 0.29) is 6.10 Å². The molecule has 144 valence electrons. The summed E-state index contributed by atoms with van der Waals surface area (Å²) in [5, 5.41) is 11.1. The van der Waals surface area contributed by atoms with Crippen LogP contribution in [-0.2, 0) is 6.54 Å². The van der Waals surface area contributed by atoms with Crippen LogP contribution in [0.4, 0.5) is 8.78 Å². The average molecular weight is 394 g/mol. The van der Waals surface area contributed by atoms with Crippen LogP contribution in [0.1, 0.15) is 18.4 Å². The first-order valence-electron chi connectivity index (χ1n) is 9.24. The Morgan fingerprint density at radius 3 is 2.59 bits per heavy atom. The first-order valence-corrected chi connectivity index (χ1v) is 9.62. The van der Waals surface area contributed by atoms with Crippen molar-refractivity contribution in [3.63, 3.8) is 0 Å². The van der Waals surface area contributed by atoms with Crippen LogP contribution in [0.15, 0.2) is 42.5 Å². The molecule has 1 aliphatic carbocycles. The molecular formula is C21H22ClF2NO2. The van der Waals surface area contributed by atoms with Gasteiger partial charge in [-0.25, -0.2) is 8.78 Å². The minimum absolute atomic E-state index is 0.271. The van der Waals surface area contributed by atoms with Gasteiger partial charge in [0.2, 0.25) is 0 Å². The smallest absolute Gasteiger partial charge is 0.130 e. The van der Waals surface area contributed by atoms with Gasteiger partial charge >= 0.3 is 0 Å². The van der Waals surface area contributed by atoms with Crippen molar-refractivity contribution >= 4 is 11.6 Å². The molecule has 2 aromatic carbocycles. The Kier molecular flexibility index (Phi) is 5.35. The van der Waals surface area contributed by atoms with E-state index in [1.165, 1.54) is 12.1 Å². The van der Waals surface area contributed by atoms with Crippen LogP contribution >= 0.6 is 11.6 Å². The second-order valence-electron chi connectivity index (χ2n) is 7.60. The number of likely N-dealkylation sites (tertiary alicyclic amines) is 1. The average Bonchev–Trinajstić information content (AvgIpc) is 2.99. The van der Waals surface area contributed by atoms with E-state index in [1.54, 1.807) is 12.1 Å². The maximum atomic E-state index is 13.9. The molecule has 1 aliphatic heterocycles. The molecule has 1 saturated heterocycles. The van der Waals surface area contributed by atoms with Crippen LogP contribution in [0.2, 0.25) is 5.02 Å². The van der Waals surface area contributed by atoms with Crippen molar-refractivity contribution < 1.29 is 18.6 Å². The van der Waals surface area contributed by atoms with E-state index >= 15 is 0 Å². The van der Waals surface area contributed by atoms with Crippen molar-refractivity contribution in [1.29, 1.82) is 0 Å². The van der Waals surface area contributed by atoms with Crippen LogP contribution in [0.25, 0.3) is 0 Å². The predicted molar refractivity (Wildman–Crippen MR) is 99.7 cm³/mol. The van der Waals surface area contributed by atoms with Crippen LogP contribution in [0, 0.1) is 23.5 Å². The Bertz CT molecular complexity index is 819. The van der Waals surface area contributed by atoms with E-state index < -0.39 is 17.7 Å². The highest BCUT2D eigenvalue weighted by molar-refractivity contribution is 6.30. The molecule has 0 bridgehead atoms. The lowest BCUT2D eigenvalue weighted by molar-refractivity contribution is -0.0231. The zero-order valence-corrected chi connectivity index (χ0v) is 15.6. The second-order valence-corrected chi connectivity index (χ2v) is 8.04. The lowest BCUT2D eigenvalue weighted by atomic mass is 9.78. The van der Waals surface area contributed by atoms with Crippen molar-refractivity contribution in [1.82, 2.24) is 4.90 Å². The Morgan fingerprint density at radius 1 is 1.07 bits per heavy atom. The molecule has 2 aliphatic rings. The summed E-state index contributed by atoms with van der Waals surface area (Å²) in [6.07, 6.45) is 0.610. The van der Waals surface area contributed by atoms with Crippen LogP contribution in [0.3, 0.4) is 0 Å². The predicted octanol–water partition coefficient (Wildman–Crippen LogP) is 4.27. The number of fused-ring (bicyclic) bond motifs is 1. The number of halogens is 3. The van der Waals surface area contributed by atoms with Crippen LogP contribution in [0.5, 0.6) is 5.75 Å². The second kappa shape index (κ2) is 7.74. The highest BCUT2D eigenvalue weighted by Crippen LogP contribution is 2.38. The van der Waals surface area contributed by atoms with Gasteiger partial charge in [-0.1, -0.05) is 23.7 Å². The summed E-state index contributed by atoms with van der Waals surface area (Å²) >= 11 is 6.00. The number of rotatable bonds is 4. The third-order valence-electron chi connectivity index (χ3n) is 5.65. The summed E-state index contributed by atoms with van der Waals surface area (Å²) < 4.78 is 33.0. The van der Waals surface area contributed by atoms with Gasteiger partial charge in [0.15, 0.2) is 0 Å². The maximum Gasteiger partial charge on any atom is 0.130 e. The lowest BCUT2D eigenvalue weighted by Crippen LogP contribution is -2.42. The summed E-state index contributed by atoms with van der Waals surface area (Å²) in [5.74, 6) is 0.347. The number of aliphatic hydroxyl groups is 1. The summed E-state index contributed by atoms with van der Waals surface area (Å²) in [6, 6.07) is 10.9. The van der Waals surface area contributed by atoms with E-state index in [9.17, 15) is 13.9 Å². The van der Waals surface area contributed by atoms with Crippen LogP contribution in [-0.4, -0.2) is 35.3 Å². The Hall–Kier alpha value is -1.69. The molecule has 1 saturated carbocycles. The van der Waals surface area contributed by atoms with E-state index in [0.29, 0.717) is 41.1 Å². The van der Waals surface area contributed by atoms with Gasteiger partial charge in [0.25, 0.3) is 0 Å². The van der Waals surface area contributed by atoms with E-state index in [0.717, 1.165) is 25.6 Å². The van der Waals surface area contributed by atoms with Gasteiger partial charge in [0, 0.05) is 36.3 Å². The van der Waals surface area contributed by atoms with Gasteiger partial charge in [-0.3, -0.25) is 4.90 Å². The van der Waals surface area contributed by atoms with Gasteiger partial charge < -0.3 is 9.84 Å². The SMILES string of the molecule is O[C@@H]1C[C@H]2CN(Cc3ccc(F)cc3F)C[C@H]2C[C@H]1Oc1cccc(Cl)c1. The first kappa shape index (κ1) is 18.7. The summed E-state index contributed by atoms with van der Waals surface area (Å²) in [6.45, 7) is 2.08. The largest absolute Gasteiger partial charge is 0.488 e. The van der Waals surface area contributed by atoms with Gasteiger partial charge in [-0.2, -0.15) is 0 Å². The van der Waals surface area contributed by atoms with Crippen molar-refractivity contribution in [2.75, 3.05) is 13.1 Å². The monoisotopic (exact) mass is 393 g/mol. The standard InChI is InChI=1S/C21H22ClF2NO2/c22-16-2-1-3-18(8-16)27-21-7-15-12-25(11-14(15)6-20(21)26)10-13-4-5-17(23)9-19(13)24/h1-5,8-9,14-15,20-21,26H,6-7,10-12H2/t14-,15+,20+,21+/m0/s1. The topological polar surface area (TPSA) is 32.7 Å². The number of nitrogens with zero attached hydrogens (tertiary/aromatic N) is 1. The molecule has 0 aromatic heterocycles. The normalized spacial score (nSPS) is 28.1. The van der Waals surface area contributed by atoms with Crippen molar-refractivity contribution in [2.24, 2.45) is 11.8 Å². The van der Waals surface area contributed by atoms with Crippen molar-refractivity contribution in [3.8, 4) is 5.75 Å². The molecule has 2 fully saturated rings. The van der Waals surface area contributed by atoms with Gasteiger partial charge in [-0.05, 0) is 48.9 Å². The molecule has 0 spiro atoms. The third kappa shape index (κ3) is 4.26. The van der Waals surface area contributed by atoms with E-state index in [4.69, 9.17) is 16.3 Å². The number of hydrogen-bond donors (Lipinski definition) is 1. The summed E-state index contributed by atoms with van der Waals surface area (Å²) in [4.78, 5) is 2.18. The summed E-state index contributed by atoms with van der Waals surface area (Å²) in [5.41, 5.74) is 0.502. The van der Waals surface area contributed by atoms with Crippen molar-refractivity contribution in [3.05, 3.63) is 64.7 Å². The minimum atomic E-state index is -0.560. The highest BCUT2D eigenvalue weighted by Gasteiger charge is 2.42. The Labute approximate surface area is 162 Å². The number of aliphatic hydroxyl groups excluding tert-OH is 1. The molecule has 0 radical (unpaired) electrons. The molecule has 0 amide bonds. The highest BCUT2D eigenvalue weighted by atomic mass is 35.5. The fraction of sp³-hybridized carbons (Fsp3) is 0.429. The first-order chi connectivity index (χ1) is 13.0.